The van der Waals surface area contributed by atoms with Gasteiger partial charge in [0.15, 0.2) is 0 Å². The molecule has 2 N–H and O–H groups in total. The third kappa shape index (κ3) is 4.04. The lowest BCUT2D eigenvalue weighted by atomic mass is 10.0. The van der Waals surface area contributed by atoms with E-state index in [1.807, 2.05) is 20.8 Å². The van der Waals surface area contributed by atoms with E-state index < -0.39 is 0 Å². The van der Waals surface area contributed by atoms with Crippen molar-refractivity contribution in [3.8, 4) is 0 Å². The third-order valence-electron chi connectivity index (χ3n) is 1.79. The van der Waals surface area contributed by atoms with Crippen molar-refractivity contribution < 1.29 is 4.39 Å². The van der Waals surface area contributed by atoms with E-state index in [-0.39, 0.29) is 5.82 Å². The van der Waals surface area contributed by atoms with Gasteiger partial charge >= 0.3 is 0 Å². The van der Waals surface area contributed by atoms with Gasteiger partial charge in [-0.1, -0.05) is 32.9 Å². The summed E-state index contributed by atoms with van der Waals surface area (Å²) >= 11 is 0. The molecule has 0 bridgehead atoms. The average molecular weight is 183 g/mol. The van der Waals surface area contributed by atoms with E-state index in [0.29, 0.717) is 12.5 Å². The number of halogens is 1. The molecule has 1 aromatic carbocycles. The van der Waals surface area contributed by atoms with E-state index in [1.165, 1.54) is 12.1 Å². The van der Waals surface area contributed by atoms with Crippen LogP contribution in [0.4, 0.5) is 4.39 Å². The summed E-state index contributed by atoms with van der Waals surface area (Å²) in [6.45, 7) is 6.62. The molecule has 74 valence electrons. The van der Waals surface area contributed by atoms with Crippen LogP contribution in [0.15, 0.2) is 24.3 Å². The second-order valence-electron chi connectivity index (χ2n) is 2.69. The van der Waals surface area contributed by atoms with E-state index in [0.717, 1.165) is 5.56 Å². The summed E-state index contributed by atoms with van der Waals surface area (Å²) in [5.74, 6) is 0.119. The Labute approximate surface area is 79.8 Å². The molecule has 1 unspecified atom stereocenters. The molecule has 1 rings (SSSR count). The maximum absolute atomic E-state index is 12.4. The smallest absolute Gasteiger partial charge is 0.123 e. The lowest BCUT2D eigenvalue weighted by Gasteiger charge is -2.07. The van der Waals surface area contributed by atoms with Crippen molar-refractivity contribution in [1.29, 1.82) is 0 Å². The molecule has 0 aromatic heterocycles. The van der Waals surface area contributed by atoms with E-state index in [4.69, 9.17) is 5.73 Å². The summed E-state index contributed by atoms with van der Waals surface area (Å²) in [6, 6.07) is 6.46. The van der Waals surface area contributed by atoms with Gasteiger partial charge < -0.3 is 5.73 Å². The summed E-state index contributed by atoms with van der Waals surface area (Å²) in [7, 11) is 0. The highest BCUT2D eigenvalue weighted by Crippen LogP contribution is 2.13. The monoisotopic (exact) mass is 183 g/mol. The maximum atomic E-state index is 12.4. The molecule has 0 radical (unpaired) electrons. The van der Waals surface area contributed by atoms with Crippen LogP contribution in [0, 0.1) is 5.82 Å². The number of nitrogens with two attached hydrogens (primary N) is 1. The van der Waals surface area contributed by atoms with Crippen LogP contribution < -0.4 is 5.73 Å². The van der Waals surface area contributed by atoms with Gasteiger partial charge in [0.2, 0.25) is 0 Å². The first-order chi connectivity index (χ1) is 6.24. The molecule has 0 aliphatic rings. The van der Waals surface area contributed by atoms with Crippen LogP contribution in [0.5, 0.6) is 0 Å². The van der Waals surface area contributed by atoms with Gasteiger partial charge in [-0.2, -0.15) is 0 Å². The zero-order valence-corrected chi connectivity index (χ0v) is 8.55. The molecule has 1 aromatic rings. The predicted molar refractivity (Wildman–Crippen MR) is 55.2 cm³/mol. The number of hydrogen-bond acceptors (Lipinski definition) is 1. The highest BCUT2D eigenvalue weighted by molar-refractivity contribution is 5.19. The van der Waals surface area contributed by atoms with Gasteiger partial charge in [0.1, 0.15) is 5.82 Å². The molecule has 0 aliphatic heterocycles. The highest BCUT2D eigenvalue weighted by Gasteiger charge is 2.01. The minimum Gasteiger partial charge on any atom is -0.330 e. The molecule has 0 fully saturated rings. The first-order valence-corrected chi connectivity index (χ1v) is 4.69. The second-order valence-corrected chi connectivity index (χ2v) is 2.69. The molecule has 0 saturated carbocycles. The van der Waals surface area contributed by atoms with Gasteiger partial charge in [-0.25, -0.2) is 4.39 Å². The fraction of sp³-hybridized carbons (Fsp3) is 0.455. The fourth-order valence-electron chi connectivity index (χ4n) is 0.927. The number of rotatable bonds is 2. The van der Waals surface area contributed by atoms with Crippen LogP contribution in [-0.4, -0.2) is 6.54 Å². The normalized spacial score (nSPS) is 11.5. The molecule has 1 atom stereocenters. The summed E-state index contributed by atoms with van der Waals surface area (Å²) in [5.41, 5.74) is 6.54. The fourth-order valence-corrected chi connectivity index (χ4v) is 0.927. The molecule has 0 aliphatic carbocycles. The molecule has 2 heteroatoms. The Balaban J connectivity index is 0.000000671. The van der Waals surface area contributed by atoms with Crippen molar-refractivity contribution in [3.63, 3.8) is 0 Å². The Hall–Kier alpha value is -0.890. The van der Waals surface area contributed by atoms with Crippen LogP contribution in [0.1, 0.15) is 32.3 Å². The first-order valence-electron chi connectivity index (χ1n) is 4.69. The molecular weight excluding hydrogens is 165 g/mol. The van der Waals surface area contributed by atoms with Crippen LogP contribution in [0.3, 0.4) is 0 Å². The van der Waals surface area contributed by atoms with Crippen molar-refractivity contribution in [2.45, 2.75) is 26.7 Å². The summed E-state index contributed by atoms with van der Waals surface area (Å²) in [5, 5.41) is 0. The molecule has 0 spiro atoms. The van der Waals surface area contributed by atoms with Crippen LogP contribution in [0.25, 0.3) is 0 Å². The Morgan fingerprint density at radius 2 is 1.69 bits per heavy atom. The van der Waals surface area contributed by atoms with Crippen LogP contribution >= 0.6 is 0 Å². The quantitative estimate of drug-likeness (QED) is 0.749. The van der Waals surface area contributed by atoms with Gasteiger partial charge in [-0.3, -0.25) is 0 Å². The van der Waals surface area contributed by atoms with Crippen molar-refractivity contribution in [3.05, 3.63) is 35.6 Å². The van der Waals surface area contributed by atoms with Gasteiger partial charge in [0.05, 0.1) is 0 Å². The largest absolute Gasteiger partial charge is 0.330 e. The van der Waals surface area contributed by atoms with Crippen molar-refractivity contribution in [1.82, 2.24) is 0 Å². The Morgan fingerprint density at radius 3 is 2.08 bits per heavy atom. The van der Waals surface area contributed by atoms with Gasteiger partial charge in [0, 0.05) is 0 Å². The minimum atomic E-state index is -0.196. The van der Waals surface area contributed by atoms with Gasteiger partial charge in [-0.15, -0.1) is 0 Å². The van der Waals surface area contributed by atoms with Gasteiger partial charge in [-0.05, 0) is 30.2 Å². The Morgan fingerprint density at radius 1 is 1.23 bits per heavy atom. The lowest BCUT2D eigenvalue weighted by Crippen LogP contribution is -2.08. The van der Waals surface area contributed by atoms with E-state index in [1.54, 1.807) is 12.1 Å². The SMILES string of the molecule is CC.CC(CN)c1ccc(F)cc1. The Bertz CT molecular complexity index is 218. The highest BCUT2D eigenvalue weighted by atomic mass is 19.1. The topological polar surface area (TPSA) is 26.0 Å². The molecular formula is C11H18FN. The van der Waals surface area contributed by atoms with Crippen molar-refractivity contribution >= 4 is 0 Å². The predicted octanol–water partition coefficient (Wildman–Crippen LogP) is 2.91. The van der Waals surface area contributed by atoms with E-state index in [2.05, 4.69) is 0 Å². The summed E-state index contributed by atoms with van der Waals surface area (Å²) in [6.07, 6.45) is 0. The molecule has 0 saturated heterocycles. The zero-order chi connectivity index (χ0) is 10.3. The summed E-state index contributed by atoms with van der Waals surface area (Å²) < 4.78 is 12.4. The second kappa shape index (κ2) is 6.61. The first kappa shape index (κ1) is 12.1. The molecule has 0 heterocycles. The van der Waals surface area contributed by atoms with E-state index in [9.17, 15) is 4.39 Å². The zero-order valence-electron chi connectivity index (χ0n) is 8.55. The maximum Gasteiger partial charge on any atom is 0.123 e. The van der Waals surface area contributed by atoms with Crippen LogP contribution in [0.2, 0.25) is 0 Å². The van der Waals surface area contributed by atoms with Gasteiger partial charge in [0.25, 0.3) is 0 Å². The van der Waals surface area contributed by atoms with Crippen LogP contribution in [-0.2, 0) is 0 Å². The minimum absolute atomic E-state index is 0.196. The van der Waals surface area contributed by atoms with Crippen molar-refractivity contribution in [2.24, 2.45) is 5.73 Å². The average Bonchev–Trinajstić information content (AvgIpc) is 2.21. The molecule has 0 amide bonds. The molecule has 1 nitrogen and oxygen atoms in total. The van der Waals surface area contributed by atoms with E-state index >= 15 is 0 Å². The lowest BCUT2D eigenvalue weighted by molar-refractivity contribution is 0.625. The number of benzene rings is 1. The van der Waals surface area contributed by atoms with Crippen molar-refractivity contribution in [2.75, 3.05) is 6.54 Å². The third-order valence-corrected chi connectivity index (χ3v) is 1.79. The molecule has 13 heavy (non-hydrogen) atoms. The Kier molecular flexibility index (Phi) is 6.15. The standard InChI is InChI=1S/C9H12FN.C2H6/c1-7(6-11)8-2-4-9(10)5-3-8;1-2/h2-5,7H,6,11H2,1H3;1-2H3. The number of hydrogen-bond donors (Lipinski definition) is 1. The summed E-state index contributed by atoms with van der Waals surface area (Å²) in [4.78, 5) is 0.